The van der Waals surface area contributed by atoms with Gasteiger partial charge in [-0.25, -0.2) is 9.59 Å². The third-order valence-electron chi connectivity index (χ3n) is 2.57. The molecule has 2 amide bonds. The predicted octanol–water partition coefficient (Wildman–Crippen LogP) is 1.52. The van der Waals surface area contributed by atoms with Crippen molar-refractivity contribution >= 4 is 17.7 Å². The standard InChI is InChI=1S/C13H18N2O4/c1-8-4-5-10(9(2)6-8)14-13(18)15-11(7-19-3)12(16)17/h4-6,11H,7H2,1-3H3,(H,16,17)(H2,14,15,18). The number of urea groups is 1. The summed E-state index contributed by atoms with van der Waals surface area (Å²) in [6.45, 7) is 3.73. The molecule has 0 saturated carbocycles. The monoisotopic (exact) mass is 266 g/mol. The van der Waals surface area contributed by atoms with Crippen LogP contribution in [0.4, 0.5) is 10.5 Å². The second-order valence-corrected chi connectivity index (χ2v) is 4.26. The molecule has 3 N–H and O–H groups in total. The van der Waals surface area contributed by atoms with Gasteiger partial charge in [-0.15, -0.1) is 0 Å². The summed E-state index contributed by atoms with van der Waals surface area (Å²) in [5, 5.41) is 13.8. The third kappa shape index (κ3) is 4.59. The number of carboxylic acids is 1. The van der Waals surface area contributed by atoms with E-state index in [9.17, 15) is 9.59 Å². The lowest BCUT2D eigenvalue weighted by Gasteiger charge is -2.15. The van der Waals surface area contributed by atoms with Crippen LogP contribution in [0.3, 0.4) is 0 Å². The molecule has 0 bridgehead atoms. The number of carbonyl (C=O) groups is 2. The van der Waals surface area contributed by atoms with Crippen LogP contribution < -0.4 is 10.6 Å². The van der Waals surface area contributed by atoms with Gasteiger partial charge < -0.3 is 20.5 Å². The van der Waals surface area contributed by atoms with Gasteiger partial charge in [0.25, 0.3) is 0 Å². The predicted molar refractivity (Wildman–Crippen MR) is 71.4 cm³/mol. The molecule has 1 unspecified atom stereocenters. The van der Waals surface area contributed by atoms with Gasteiger partial charge in [0.1, 0.15) is 0 Å². The number of methoxy groups -OCH3 is 1. The number of ether oxygens (including phenoxy) is 1. The highest BCUT2D eigenvalue weighted by Crippen LogP contribution is 2.15. The Bertz CT molecular complexity index is 474. The van der Waals surface area contributed by atoms with Crippen LogP contribution in [0.15, 0.2) is 18.2 Å². The van der Waals surface area contributed by atoms with E-state index in [1.54, 1.807) is 6.07 Å². The summed E-state index contributed by atoms with van der Waals surface area (Å²) in [6.07, 6.45) is 0. The molecular weight excluding hydrogens is 248 g/mol. The number of anilines is 1. The highest BCUT2D eigenvalue weighted by molar-refractivity contribution is 5.92. The molecule has 6 nitrogen and oxygen atoms in total. The first-order valence-corrected chi connectivity index (χ1v) is 5.80. The zero-order valence-corrected chi connectivity index (χ0v) is 11.2. The average molecular weight is 266 g/mol. The number of aliphatic carboxylic acids is 1. The normalized spacial score (nSPS) is 11.7. The minimum Gasteiger partial charge on any atom is -0.480 e. The molecule has 0 aliphatic rings. The van der Waals surface area contributed by atoms with Crippen LogP contribution in [-0.4, -0.2) is 36.9 Å². The fraction of sp³-hybridized carbons (Fsp3) is 0.385. The van der Waals surface area contributed by atoms with Crippen LogP contribution >= 0.6 is 0 Å². The molecule has 0 heterocycles. The number of amides is 2. The molecule has 0 spiro atoms. The van der Waals surface area contributed by atoms with Crippen LogP contribution in [-0.2, 0) is 9.53 Å². The molecule has 1 atom stereocenters. The largest absolute Gasteiger partial charge is 0.480 e. The Balaban J connectivity index is 2.66. The highest BCUT2D eigenvalue weighted by atomic mass is 16.5. The van der Waals surface area contributed by atoms with Gasteiger partial charge in [0, 0.05) is 12.8 Å². The van der Waals surface area contributed by atoms with Crippen LogP contribution in [0.2, 0.25) is 0 Å². The Kier molecular flexibility index (Phi) is 5.32. The molecule has 1 aromatic rings. The molecule has 1 aromatic carbocycles. The van der Waals surface area contributed by atoms with Crippen molar-refractivity contribution in [2.24, 2.45) is 0 Å². The summed E-state index contributed by atoms with van der Waals surface area (Å²) >= 11 is 0. The molecule has 6 heteroatoms. The van der Waals surface area contributed by atoms with Crippen molar-refractivity contribution in [2.45, 2.75) is 19.9 Å². The average Bonchev–Trinajstić information content (AvgIpc) is 2.32. The Labute approximate surface area is 111 Å². The minimum atomic E-state index is -1.14. The van der Waals surface area contributed by atoms with Gasteiger partial charge >= 0.3 is 12.0 Å². The zero-order chi connectivity index (χ0) is 14.4. The molecule has 19 heavy (non-hydrogen) atoms. The van der Waals surface area contributed by atoms with Crippen LogP contribution in [0, 0.1) is 13.8 Å². The summed E-state index contributed by atoms with van der Waals surface area (Å²) < 4.78 is 4.73. The SMILES string of the molecule is COCC(NC(=O)Nc1ccc(C)cc1C)C(=O)O. The maximum absolute atomic E-state index is 11.7. The molecule has 0 fully saturated rings. The van der Waals surface area contributed by atoms with Crippen molar-refractivity contribution in [1.82, 2.24) is 5.32 Å². The van der Waals surface area contributed by atoms with E-state index >= 15 is 0 Å². The summed E-state index contributed by atoms with van der Waals surface area (Å²) in [5.41, 5.74) is 2.64. The topological polar surface area (TPSA) is 87.7 Å². The third-order valence-corrected chi connectivity index (χ3v) is 2.57. The molecule has 0 aromatic heterocycles. The number of hydrogen-bond acceptors (Lipinski definition) is 3. The molecule has 0 radical (unpaired) electrons. The van der Waals surface area contributed by atoms with Gasteiger partial charge in [-0.2, -0.15) is 0 Å². The van der Waals surface area contributed by atoms with Crippen molar-refractivity contribution in [2.75, 3.05) is 19.0 Å². The van der Waals surface area contributed by atoms with Crippen molar-refractivity contribution in [3.63, 3.8) is 0 Å². The fourth-order valence-electron chi connectivity index (χ4n) is 1.61. The number of benzene rings is 1. The van der Waals surface area contributed by atoms with E-state index in [1.165, 1.54) is 7.11 Å². The highest BCUT2D eigenvalue weighted by Gasteiger charge is 2.19. The fourth-order valence-corrected chi connectivity index (χ4v) is 1.61. The first kappa shape index (κ1) is 15.0. The molecule has 0 aliphatic carbocycles. The maximum Gasteiger partial charge on any atom is 0.328 e. The lowest BCUT2D eigenvalue weighted by atomic mass is 10.1. The Hall–Kier alpha value is -2.08. The maximum atomic E-state index is 11.7. The summed E-state index contributed by atoms with van der Waals surface area (Å²) in [6, 6.07) is 3.93. The van der Waals surface area contributed by atoms with Gasteiger partial charge in [-0.3, -0.25) is 0 Å². The number of carbonyl (C=O) groups excluding carboxylic acids is 1. The first-order valence-electron chi connectivity index (χ1n) is 5.80. The van der Waals surface area contributed by atoms with Crippen LogP contribution in [0.5, 0.6) is 0 Å². The van der Waals surface area contributed by atoms with Crippen molar-refractivity contribution in [3.05, 3.63) is 29.3 Å². The van der Waals surface area contributed by atoms with Gasteiger partial charge in [-0.05, 0) is 25.5 Å². The van der Waals surface area contributed by atoms with Gasteiger partial charge in [0.2, 0.25) is 0 Å². The molecule has 0 aliphatic heterocycles. The van der Waals surface area contributed by atoms with Gasteiger partial charge in [-0.1, -0.05) is 17.7 Å². The van der Waals surface area contributed by atoms with E-state index in [-0.39, 0.29) is 6.61 Å². The number of aryl methyl sites for hydroxylation is 2. The van der Waals surface area contributed by atoms with E-state index in [1.807, 2.05) is 26.0 Å². The van der Waals surface area contributed by atoms with Crippen LogP contribution in [0.25, 0.3) is 0 Å². The number of nitrogens with one attached hydrogen (secondary N) is 2. The van der Waals surface area contributed by atoms with Crippen molar-refractivity contribution < 1.29 is 19.4 Å². The number of rotatable bonds is 5. The molecular formula is C13H18N2O4. The van der Waals surface area contributed by atoms with E-state index in [0.29, 0.717) is 5.69 Å². The number of hydrogen-bond donors (Lipinski definition) is 3. The molecule has 104 valence electrons. The summed E-state index contributed by atoms with van der Waals surface area (Å²) in [5.74, 6) is -1.14. The summed E-state index contributed by atoms with van der Waals surface area (Å²) in [4.78, 5) is 22.6. The van der Waals surface area contributed by atoms with Gasteiger partial charge in [0.05, 0.1) is 6.61 Å². The van der Waals surface area contributed by atoms with E-state index in [0.717, 1.165) is 11.1 Å². The second-order valence-electron chi connectivity index (χ2n) is 4.26. The second kappa shape index (κ2) is 6.75. The summed E-state index contributed by atoms with van der Waals surface area (Å²) in [7, 11) is 1.37. The van der Waals surface area contributed by atoms with E-state index < -0.39 is 18.0 Å². The smallest absolute Gasteiger partial charge is 0.328 e. The first-order chi connectivity index (χ1) is 8.93. The van der Waals surface area contributed by atoms with E-state index in [2.05, 4.69) is 10.6 Å². The lowest BCUT2D eigenvalue weighted by Crippen LogP contribution is -2.45. The Morgan fingerprint density at radius 1 is 1.37 bits per heavy atom. The zero-order valence-electron chi connectivity index (χ0n) is 11.2. The lowest BCUT2D eigenvalue weighted by molar-refractivity contribution is -0.140. The van der Waals surface area contributed by atoms with E-state index in [4.69, 9.17) is 9.84 Å². The Morgan fingerprint density at radius 2 is 2.05 bits per heavy atom. The molecule has 0 saturated heterocycles. The Morgan fingerprint density at radius 3 is 2.58 bits per heavy atom. The van der Waals surface area contributed by atoms with Gasteiger partial charge in [0.15, 0.2) is 6.04 Å². The molecule has 1 rings (SSSR count). The quantitative estimate of drug-likeness (QED) is 0.754. The minimum absolute atomic E-state index is 0.0877. The van der Waals surface area contributed by atoms with Crippen molar-refractivity contribution in [1.29, 1.82) is 0 Å². The van der Waals surface area contributed by atoms with Crippen LogP contribution in [0.1, 0.15) is 11.1 Å². The van der Waals surface area contributed by atoms with Crippen molar-refractivity contribution in [3.8, 4) is 0 Å². The number of carboxylic acid groups (broad SMARTS) is 1.